The first-order valence-corrected chi connectivity index (χ1v) is 6.74. The quantitative estimate of drug-likeness (QED) is 0.580. The number of rotatable bonds is 8. The van der Waals surface area contributed by atoms with Crippen LogP contribution in [0.5, 0.6) is 0 Å². The molecule has 1 N–H and O–H groups in total. The van der Waals surface area contributed by atoms with Crippen LogP contribution in [0.15, 0.2) is 18.2 Å². The van der Waals surface area contributed by atoms with Crippen molar-refractivity contribution in [3.63, 3.8) is 0 Å². The van der Waals surface area contributed by atoms with Crippen molar-refractivity contribution >= 4 is 5.69 Å². The van der Waals surface area contributed by atoms with Crippen LogP contribution in [0.2, 0.25) is 0 Å². The molecule has 1 rings (SSSR count). The Hall–Kier alpha value is -1.49. The van der Waals surface area contributed by atoms with Crippen LogP contribution in [-0.4, -0.2) is 17.5 Å². The van der Waals surface area contributed by atoms with Crippen LogP contribution in [0.1, 0.15) is 38.7 Å². The molecule has 0 aliphatic rings. The van der Waals surface area contributed by atoms with Gasteiger partial charge in [0, 0.05) is 17.7 Å². The van der Waals surface area contributed by atoms with Gasteiger partial charge in [0.2, 0.25) is 0 Å². The third kappa shape index (κ3) is 4.95. The molecule has 0 saturated heterocycles. The van der Waals surface area contributed by atoms with E-state index in [4.69, 9.17) is 0 Å². The molecule has 1 atom stereocenters. The molecule has 0 heterocycles. The summed E-state index contributed by atoms with van der Waals surface area (Å²) in [7, 11) is 0. The highest BCUT2D eigenvalue weighted by Crippen LogP contribution is 2.21. The molecule has 0 aliphatic heterocycles. The minimum Gasteiger partial charge on any atom is -0.314 e. The van der Waals surface area contributed by atoms with Gasteiger partial charge >= 0.3 is 0 Å². The van der Waals surface area contributed by atoms with Crippen LogP contribution in [0.3, 0.4) is 0 Å². The van der Waals surface area contributed by atoms with E-state index in [1.807, 2.05) is 0 Å². The van der Waals surface area contributed by atoms with Crippen molar-refractivity contribution in [3.05, 3.63) is 39.7 Å². The smallest absolute Gasteiger partial charge is 0.272 e. The third-order valence-electron chi connectivity index (χ3n) is 3.18. The Labute approximate surface area is 113 Å². The Morgan fingerprint density at radius 2 is 2.16 bits per heavy atom. The number of halogens is 1. The van der Waals surface area contributed by atoms with Gasteiger partial charge in [-0.1, -0.05) is 13.8 Å². The van der Waals surface area contributed by atoms with Crippen molar-refractivity contribution in [2.45, 2.75) is 45.6 Å². The number of hydrogen-bond acceptors (Lipinski definition) is 3. The second-order valence-electron chi connectivity index (χ2n) is 4.63. The van der Waals surface area contributed by atoms with E-state index in [9.17, 15) is 14.5 Å². The summed E-state index contributed by atoms with van der Waals surface area (Å²) in [4.78, 5) is 10.4. The Morgan fingerprint density at radius 1 is 1.42 bits per heavy atom. The zero-order chi connectivity index (χ0) is 14.3. The lowest BCUT2D eigenvalue weighted by Crippen LogP contribution is -2.29. The molecule has 4 nitrogen and oxygen atoms in total. The zero-order valence-corrected chi connectivity index (χ0v) is 11.5. The van der Waals surface area contributed by atoms with Crippen LogP contribution in [0.25, 0.3) is 0 Å². The standard InChI is InChI=1S/C14H21FN2O2/c1-3-9-16-13(4-2)7-5-11-10-12(15)6-8-14(11)17(18)19/h6,8,10,13,16H,3-5,7,9H2,1-2H3. The van der Waals surface area contributed by atoms with E-state index in [1.165, 1.54) is 12.1 Å². The summed E-state index contributed by atoms with van der Waals surface area (Å²) in [6.07, 6.45) is 3.31. The number of benzene rings is 1. The van der Waals surface area contributed by atoms with Gasteiger partial charge in [0.1, 0.15) is 5.82 Å². The van der Waals surface area contributed by atoms with Crippen molar-refractivity contribution in [3.8, 4) is 0 Å². The molecule has 0 aliphatic carbocycles. The summed E-state index contributed by atoms with van der Waals surface area (Å²) >= 11 is 0. The molecule has 106 valence electrons. The fourth-order valence-corrected chi connectivity index (χ4v) is 2.06. The monoisotopic (exact) mass is 268 g/mol. The summed E-state index contributed by atoms with van der Waals surface area (Å²) in [6, 6.07) is 3.96. The molecule has 0 fully saturated rings. The fourth-order valence-electron chi connectivity index (χ4n) is 2.06. The summed E-state index contributed by atoms with van der Waals surface area (Å²) in [6.45, 7) is 5.11. The van der Waals surface area contributed by atoms with Crippen molar-refractivity contribution in [1.29, 1.82) is 0 Å². The molecule has 0 aromatic heterocycles. The van der Waals surface area contributed by atoms with Gasteiger partial charge in [0.05, 0.1) is 4.92 Å². The van der Waals surface area contributed by atoms with Crippen molar-refractivity contribution < 1.29 is 9.31 Å². The van der Waals surface area contributed by atoms with E-state index in [-0.39, 0.29) is 5.69 Å². The van der Waals surface area contributed by atoms with Crippen LogP contribution < -0.4 is 5.32 Å². The Bertz CT molecular complexity index is 424. The molecule has 1 aromatic rings. The minimum atomic E-state index is -0.449. The largest absolute Gasteiger partial charge is 0.314 e. The minimum absolute atomic E-state index is 0.00624. The van der Waals surface area contributed by atoms with Gasteiger partial charge in [-0.2, -0.15) is 0 Å². The highest BCUT2D eigenvalue weighted by atomic mass is 19.1. The summed E-state index contributed by atoms with van der Waals surface area (Å²) < 4.78 is 13.2. The Kier molecular flexibility index (Phi) is 6.42. The van der Waals surface area contributed by atoms with Gasteiger partial charge in [-0.15, -0.1) is 0 Å². The fraction of sp³-hybridized carbons (Fsp3) is 0.571. The zero-order valence-electron chi connectivity index (χ0n) is 11.5. The molecule has 0 saturated carbocycles. The SMILES string of the molecule is CCCNC(CC)CCc1cc(F)ccc1[N+](=O)[O-]. The summed E-state index contributed by atoms with van der Waals surface area (Å²) in [5.74, 6) is -0.421. The predicted octanol–water partition coefficient (Wildman–Crippen LogP) is 3.44. The molecular weight excluding hydrogens is 247 g/mol. The molecule has 5 heteroatoms. The van der Waals surface area contributed by atoms with E-state index < -0.39 is 10.7 Å². The summed E-state index contributed by atoms with van der Waals surface area (Å²) in [5, 5.41) is 14.3. The number of nitrogens with zero attached hydrogens (tertiary/aromatic N) is 1. The van der Waals surface area contributed by atoms with Gasteiger partial charge < -0.3 is 5.32 Å². The molecule has 0 spiro atoms. The first kappa shape index (κ1) is 15.6. The molecule has 0 bridgehead atoms. The van der Waals surface area contributed by atoms with Crippen LogP contribution in [-0.2, 0) is 6.42 Å². The van der Waals surface area contributed by atoms with E-state index in [2.05, 4.69) is 19.2 Å². The molecule has 0 amide bonds. The molecule has 1 aromatic carbocycles. The number of aryl methyl sites for hydroxylation is 1. The maximum atomic E-state index is 13.2. The van der Waals surface area contributed by atoms with E-state index in [0.717, 1.165) is 31.9 Å². The topological polar surface area (TPSA) is 55.2 Å². The Balaban J connectivity index is 2.70. The van der Waals surface area contributed by atoms with Gasteiger partial charge in [0.25, 0.3) is 5.69 Å². The molecular formula is C14H21FN2O2. The first-order valence-electron chi connectivity index (χ1n) is 6.74. The van der Waals surface area contributed by atoms with Crippen LogP contribution >= 0.6 is 0 Å². The van der Waals surface area contributed by atoms with Gasteiger partial charge in [-0.25, -0.2) is 4.39 Å². The second kappa shape index (κ2) is 7.84. The maximum Gasteiger partial charge on any atom is 0.272 e. The lowest BCUT2D eigenvalue weighted by atomic mass is 10.0. The second-order valence-corrected chi connectivity index (χ2v) is 4.63. The third-order valence-corrected chi connectivity index (χ3v) is 3.18. The molecule has 19 heavy (non-hydrogen) atoms. The van der Waals surface area contributed by atoms with Crippen molar-refractivity contribution in [2.75, 3.05) is 6.54 Å². The summed E-state index contributed by atoms with van der Waals surface area (Å²) in [5.41, 5.74) is 0.480. The maximum absolute atomic E-state index is 13.2. The number of nitro groups is 1. The average Bonchev–Trinajstić information content (AvgIpc) is 2.38. The molecule has 0 radical (unpaired) electrons. The lowest BCUT2D eigenvalue weighted by Gasteiger charge is -2.16. The highest BCUT2D eigenvalue weighted by molar-refractivity contribution is 5.40. The van der Waals surface area contributed by atoms with Crippen molar-refractivity contribution in [2.24, 2.45) is 0 Å². The number of hydrogen-bond donors (Lipinski definition) is 1. The van der Waals surface area contributed by atoms with Crippen LogP contribution in [0, 0.1) is 15.9 Å². The van der Waals surface area contributed by atoms with E-state index in [0.29, 0.717) is 18.0 Å². The van der Waals surface area contributed by atoms with E-state index >= 15 is 0 Å². The van der Waals surface area contributed by atoms with Gasteiger partial charge in [-0.05, 0) is 44.4 Å². The average molecular weight is 268 g/mol. The van der Waals surface area contributed by atoms with E-state index in [1.54, 1.807) is 0 Å². The number of nitrogens with one attached hydrogen (secondary N) is 1. The lowest BCUT2D eigenvalue weighted by molar-refractivity contribution is -0.385. The Morgan fingerprint density at radius 3 is 2.74 bits per heavy atom. The molecule has 1 unspecified atom stereocenters. The van der Waals surface area contributed by atoms with Gasteiger partial charge in [0.15, 0.2) is 0 Å². The number of nitro benzene ring substituents is 1. The van der Waals surface area contributed by atoms with Crippen LogP contribution in [0.4, 0.5) is 10.1 Å². The first-order chi connectivity index (χ1) is 9.08. The van der Waals surface area contributed by atoms with Crippen molar-refractivity contribution in [1.82, 2.24) is 5.32 Å². The highest BCUT2D eigenvalue weighted by Gasteiger charge is 2.15. The normalized spacial score (nSPS) is 12.4. The van der Waals surface area contributed by atoms with Gasteiger partial charge in [-0.3, -0.25) is 10.1 Å². The predicted molar refractivity (Wildman–Crippen MR) is 73.7 cm³/mol.